The summed E-state index contributed by atoms with van der Waals surface area (Å²) in [4.78, 5) is 12.6. The van der Waals surface area contributed by atoms with Crippen molar-refractivity contribution in [3.05, 3.63) is 28.8 Å². The van der Waals surface area contributed by atoms with Gasteiger partial charge in [-0.2, -0.15) is 0 Å². The van der Waals surface area contributed by atoms with Gasteiger partial charge in [-0.25, -0.2) is 8.42 Å². The lowest BCUT2D eigenvalue weighted by Gasteiger charge is -2.35. The van der Waals surface area contributed by atoms with Gasteiger partial charge in [0.25, 0.3) is 0 Å². The lowest BCUT2D eigenvalue weighted by Crippen LogP contribution is -2.48. The van der Waals surface area contributed by atoms with Gasteiger partial charge in [0.15, 0.2) is 9.84 Å². The van der Waals surface area contributed by atoms with E-state index in [-0.39, 0.29) is 11.8 Å². The lowest BCUT2D eigenvalue weighted by atomic mass is 9.78. The monoisotopic (exact) mass is 401 g/mol. The second-order valence-corrected chi connectivity index (χ2v) is 10.0. The fourth-order valence-electron chi connectivity index (χ4n) is 3.45. The Morgan fingerprint density at radius 2 is 2.04 bits per heavy atom. The molecule has 1 aromatic carbocycles. The van der Waals surface area contributed by atoms with Crippen LogP contribution in [0.25, 0.3) is 0 Å². The Hall–Kier alpha value is -1.27. The zero-order valence-electron chi connectivity index (χ0n) is 15.8. The van der Waals surface area contributed by atoms with E-state index in [4.69, 9.17) is 16.3 Å². The number of amides is 1. The number of hydrogen-bond donors (Lipinski definition) is 1. The van der Waals surface area contributed by atoms with E-state index in [0.717, 1.165) is 19.3 Å². The van der Waals surface area contributed by atoms with Gasteiger partial charge in [0.05, 0.1) is 12.9 Å². The van der Waals surface area contributed by atoms with Crippen LogP contribution in [-0.2, 0) is 20.4 Å². The molecule has 26 heavy (non-hydrogen) atoms. The fourth-order valence-corrected chi connectivity index (χ4v) is 4.95. The van der Waals surface area contributed by atoms with Crippen LogP contribution in [0, 0.1) is 11.8 Å². The number of rotatable bonds is 6. The average molecular weight is 402 g/mol. The normalized spacial score (nSPS) is 24.7. The van der Waals surface area contributed by atoms with Gasteiger partial charge < -0.3 is 10.1 Å². The molecule has 0 aromatic heterocycles. The van der Waals surface area contributed by atoms with E-state index in [1.807, 2.05) is 0 Å². The Balaban J connectivity index is 2.10. The summed E-state index contributed by atoms with van der Waals surface area (Å²) in [5.74, 6) is 0.589. The summed E-state index contributed by atoms with van der Waals surface area (Å²) in [5.41, 5.74) is 0.458. The van der Waals surface area contributed by atoms with Crippen LogP contribution in [0.5, 0.6) is 5.75 Å². The van der Waals surface area contributed by atoms with E-state index in [9.17, 15) is 13.2 Å². The van der Waals surface area contributed by atoms with Gasteiger partial charge >= 0.3 is 0 Å². The first-order valence-electron chi connectivity index (χ1n) is 9.00. The fraction of sp³-hybridized carbons (Fsp3) is 0.632. The minimum Gasteiger partial charge on any atom is -0.496 e. The maximum Gasteiger partial charge on any atom is 0.238 e. The lowest BCUT2D eigenvalue weighted by molar-refractivity contribution is -0.121. The predicted octanol–water partition coefficient (Wildman–Crippen LogP) is 3.59. The third-order valence-corrected chi connectivity index (χ3v) is 7.78. The number of carbonyl (C=O) groups excluding carboxylic acids is 1. The van der Waals surface area contributed by atoms with Crippen molar-refractivity contribution in [1.82, 2.24) is 5.32 Å². The highest BCUT2D eigenvalue weighted by Crippen LogP contribution is 2.30. The standard InChI is InChI=1S/C19H28ClNO4S/c1-12-6-5-7-17(13(12)2)21-19(22)14(3)26(23,24)11-15-10-16(20)8-9-18(15)25-4/h8-10,12-14,17H,5-7,11H2,1-4H3,(H,21,22)/t12-,13-,14-,17-/m1/s1. The maximum absolute atomic E-state index is 12.7. The molecule has 1 saturated carbocycles. The van der Waals surface area contributed by atoms with Crippen molar-refractivity contribution in [2.45, 2.75) is 57.1 Å². The van der Waals surface area contributed by atoms with E-state index in [1.54, 1.807) is 18.2 Å². The van der Waals surface area contributed by atoms with E-state index in [1.165, 1.54) is 14.0 Å². The molecule has 0 unspecified atom stereocenters. The number of benzene rings is 1. The van der Waals surface area contributed by atoms with Crippen molar-refractivity contribution in [1.29, 1.82) is 0 Å². The summed E-state index contributed by atoms with van der Waals surface area (Å²) in [5, 5.41) is 2.26. The number of carbonyl (C=O) groups is 1. The largest absolute Gasteiger partial charge is 0.496 e. The van der Waals surface area contributed by atoms with Crippen LogP contribution < -0.4 is 10.1 Å². The summed E-state index contributed by atoms with van der Waals surface area (Å²) < 4.78 is 30.7. The third-order valence-electron chi connectivity index (χ3n) is 5.54. The van der Waals surface area contributed by atoms with E-state index >= 15 is 0 Å². The minimum atomic E-state index is -3.69. The number of sulfone groups is 1. The van der Waals surface area contributed by atoms with Crippen molar-refractivity contribution >= 4 is 27.3 Å². The van der Waals surface area contributed by atoms with Gasteiger partial charge in [-0.15, -0.1) is 0 Å². The topological polar surface area (TPSA) is 72.5 Å². The number of nitrogens with one attached hydrogen (secondary N) is 1. The Morgan fingerprint density at radius 1 is 1.35 bits per heavy atom. The SMILES string of the molecule is COc1ccc(Cl)cc1CS(=O)(=O)[C@H](C)C(=O)N[C@@H]1CCC[C@@H](C)[C@H]1C. The Bertz CT molecular complexity index is 750. The second-order valence-electron chi connectivity index (χ2n) is 7.29. The molecule has 1 aromatic rings. The highest BCUT2D eigenvalue weighted by Gasteiger charge is 2.33. The van der Waals surface area contributed by atoms with Gasteiger partial charge in [0, 0.05) is 16.6 Å². The van der Waals surface area contributed by atoms with E-state index in [2.05, 4.69) is 19.2 Å². The summed E-state index contributed by atoms with van der Waals surface area (Å²) in [6.45, 7) is 5.73. The Kier molecular flexibility index (Phi) is 6.97. The first-order chi connectivity index (χ1) is 12.2. The average Bonchev–Trinajstić information content (AvgIpc) is 2.58. The van der Waals surface area contributed by atoms with Crippen LogP contribution in [0.15, 0.2) is 18.2 Å². The Labute approximate surface area is 161 Å². The van der Waals surface area contributed by atoms with Gasteiger partial charge in [-0.3, -0.25) is 4.79 Å². The van der Waals surface area contributed by atoms with Crippen molar-refractivity contribution in [2.75, 3.05) is 7.11 Å². The van der Waals surface area contributed by atoms with Crippen molar-refractivity contribution in [3.8, 4) is 5.75 Å². The minimum absolute atomic E-state index is 0.0320. The van der Waals surface area contributed by atoms with Crippen molar-refractivity contribution in [3.63, 3.8) is 0 Å². The molecule has 1 N–H and O–H groups in total. The molecule has 0 heterocycles. The molecule has 4 atom stereocenters. The van der Waals surface area contributed by atoms with E-state index in [0.29, 0.717) is 28.2 Å². The quantitative estimate of drug-likeness (QED) is 0.790. The molecule has 1 fully saturated rings. The number of methoxy groups -OCH3 is 1. The predicted molar refractivity (Wildman–Crippen MR) is 104 cm³/mol. The summed E-state index contributed by atoms with van der Waals surface area (Å²) in [6.07, 6.45) is 3.10. The molecule has 0 spiro atoms. The summed E-state index contributed by atoms with van der Waals surface area (Å²) in [6, 6.07) is 4.86. The first-order valence-corrected chi connectivity index (χ1v) is 11.1. The molecular formula is C19H28ClNO4S. The molecule has 0 aliphatic heterocycles. The molecule has 1 aliphatic rings. The van der Waals surface area contributed by atoms with E-state index < -0.39 is 21.0 Å². The van der Waals surface area contributed by atoms with Crippen molar-refractivity contribution in [2.24, 2.45) is 11.8 Å². The molecule has 146 valence electrons. The zero-order chi connectivity index (χ0) is 19.5. The molecule has 7 heteroatoms. The molecule has 1 aliphatic carbocycles. The number of halogens is 1. The van der Waals surface area contributed by atoms with Crippen LogP contribution in [0.4, 0.5) is 0 Å². The van der Waals surface area contributed by atoms with Gasteiger partial charge in [0.1, 0.15) is 11.0 Å². The van der Waals surface area contributed by atoms with Crippen LogP contribution in [0.2, 0.25) is 5.02 Å². The molecule has 0 saturated heterocycles. The van der Waals surface area contributed by atoms with Crippen LogP contribution in [0.1, 0.15) is 45.6 Å². The van der Waals surface area contributed by atoms with Crippen LogP contribution in [-0.4, -0.2) is 32.7 Å². The molecular weight excluding hydrogens is 374 g/mol. The van der Waals surface area contributed by atoms with Crippen LogP contribution >= 0.6 is 11.6 Å². The molecule has 2 rings (SSSR count). The van der Waals surface area contributed by atoms with Crippen LogP contribution in [0.3, 0.4) is 0 Å². The first kappa shape index (κ1) is 21.0. The van der Waals surface area contributed by atoms with Gasteiger partial charge in [0.2, 0.25) is 5.91 Å². The van der Waals surface area contributed by atoms with Gasteiger partial charge in [-0.05, 0) is 43.4 Å². The maximum atomic E-state index is 12.7. The van der Waals surface area contributed by atoms with Gasteiger partial charge in [-0.1, -0.05) is 38.3 Å². The highest BCUT2D eigenvalue weighted by atomic mass is 35.5. The second kappa shape index (κ2) is 8.61. The number of hydrogen-bond acceptors (Lipinski definition) is 4. The molecule has 0 bridgehead atoms. The molecule has 5 nitrogen and oxygen atoms in total. The zero-order valence-corrected chi connectivity index (χ0v) is 17.4. The highest BCUT2D eigenvalue weighted by molar-refractivity contribution is 7.92. The summed E-state index contributed by atoms with van der Waals surface area (Å²) in [7, 11) is -2.22. The number of ether oxygens (including phenoxy) is 1. The third kappa shape index (κ3) is 4.92. The smallest absolute Gasteiger partial charge is 0.238 e. The molecule has 1 amide bonds. The Morgan fingerprint density at radius 3 is 2.69 bits per heavy atom. The molecule has 0 radical (unpaired) electrons. The summed E-state index contributed by atoms with van der Waals surface area (Å²) >= 11 is 5.97. The van der Waals surface area contributed by atoms with Crippen molar-refractivity contribution < 1.29 is 17.9 Å².